The predicted molar refractivity (Wildman–Crippen MR) is 114 cm³/mol. The summed E-state index contributed by atoms with van der Waals surface area (Å²) in [6.45, 7) is 2.82. The number of carbonyl (C=O) groups is 1. The predicted octanol–water partition coefficient (Wildman–Crippen LogP) is 2.66. The molecule has 9 heteroatoms. The molecular formula is C22H24FN3O4S. The lowest BCUT2D eigenvalue weighted by Crippen LogP contribution is -2.39. The Morgan fingerprint density at radius 3 is 2.65 bits per heavy atom. The van der Waals surface area contributed by atoms with Crippen LogP contribution in [0.25, 0.3) is 0 Å². The number of hydrogen-bond donors (Lipinski definition) is 1. The third kappa shape index (κ3) is 4.47. The van der Waals surface area contributed by atoms with Gasteiger partial charge in [0.25, 0.3) is 5.91 Å². The van der Waals surface area contributed by atoms with Gasteiger partial charge in [0.15, 0.2) is 5.60 Å². The number of oxime groups is 1. The van der Waals surface area contributed by atoms with E-state index in [0.29, 0.717) is 13.0 Å². The molecule has 164 valence electrons. The van der Waals surface area contributed by atoms with Crippen LogP contribution in [0.4, 0.5) is 4.39 Å². The van der Waals surface area contributed by atoms with Crippen LogP contribution in [0.2, 0.25) is 0 Å². The number of nitrogens with one attached hydrogen (secondary N) is 1. The summed E-state index contributed by atoms with van der Waals surface area (Å²) in [6.07, 6.45) is 0.669. The number of carbonyl (C=O) groups excluding carboxylic acids is 1. The van der Waals surface area contributed by atoms with E-state index in [1.165, 1.54) is 16.4 Å². The minimum atomic E-state index is -3.77. The molecule has 1 spiro atoms. The Labute approximate surface area is 180 Å². The van der Waals surface area contributed by atoms with Crippen molar-refractivity contribution in [2.24, 2.45) is 5.16 Å². The van der Waals surface area contributed by atoms with Gasteiger partial charge in [-0.25, -0.2) is 12.8 Å². The lowest BCUT2D eigenvalue weighted by atomic mass is 9.96. The van der Waals surface area contributed by atoms with Crippen LogP contribution in [0.15, 0.2) is 64.6 Å². The Bertz CT molecular complexity index is 1090. The molecular weight excluding hydrogens is 421 g/mol. The highest BCUT2D eigenvalue weighted by Gasteiger charge is 2.49. The molecule has 1 saturated heterocycles. The average Bonchev–Trinajstić information content (AvgIpc) is 3.40. The van der Waals surface area contributed by atoms with Crippen LogP contribution in [0.5, 0.6) is 0 Å². The fraction of sp³-hybridized carbons (Fsp3) is 0.364. The summed E-state index contributed by atoms with van der Waals surface area (Å²) in [5.74, 6) is -0.661. The summed E-state index contributed by atoms with van der Waals surface area (Å²) in [7, 11) is -3.77. The molecule has 2 aromatic carbocycles. The molecule has 2 heterocycles. The van der Waals surface area contributed by atoms with E-state index < -0.39 is 21.4 Å². The highest BCUT2D eigenvalue weighted by atomic mass is 32.2. The maximum Gasteiger partial charge on any atom is 0.269 e. The monoisotopic (exact) mass is 445 g/mol. The quantitative estimate of drug-likeness (QED) is 0.741. The van der Waals surface area contributed by atoms with E-state index in [4.69, 9.17) is 4.84 Å². The van der Waals surface area contributed by atoms with Gasteiger partial charge in [0, 0.05) is 25.9 Å². The Morgan fingerprint density at radius 1 is 1.23 bits per heavy atom. The first kappa shape index (κ1) is 21.5. The summed E-state index contributed by atoms with van der Waals surface area (Å²) < 4.78 is 40.1. The van der Waals surface area contributed by atoms with E-state index in [0.717, 1.165) is 17.7 Å². The number of halogens is 1. The van der Waals surface area contributed by atoms with Crippen molar-refractivity contribution in [3.63, 3.8) is 0 Å². The lowest BCUT2D eigenvalue weighted by molar-refractivity contribution is -0.115. The summed E-state index contributed by atoms with van der Waals surface area (Å²) in [6, 6.07) is 14.6. The largest absolute Gasteiger partial charge is 0.387 e. The second kappa shape index (κ2) is 8.39. The fourth-order valence-corrected chi connectivity index (χ4v) is 5.39. The molecule has 4 rings (SSSR count). The number of benzene rings is 2. The van der Waals surface area contributed by atoms with E-state index >= 15 is 0 Å². The highest BCUT2D eigenvalue weighted by molar-refractivity contribution is 7.89. The van der Waals surface area contributed by atoms with Crippen LogP contribution in [0.1, 0.15) is 31.2 Å². The van der Waals surface area contributed by atoms with Crippen LogP contribution >= 0.6 is 0 Å². The van der Waals surface area contributed by atoms with Crippen LogP contribution in [0, 0.1) is 5.82 Å². The van der Waals surface area contributed by atoms with E-state index in [-0.39, 0.29) is 41.9 Å². The molecule has 2 aromatic rings. The van der Waals surface area contributed by atoms with Gasteiger partial charge in [0.05, 0.1) is 11.4 Å². The smallest absolute Gasteiger partial charge is 0.269 e. The molecule has 0 radical (unpaired) electrons. The number of hydrogen-bond acceptors (Lipinski definition) is 5. The Balaban J connectivity index is 1.34. The van der Waals surface area contributed by atoms with E-state index in [2.05, 4.69) is 10.5 Å². The van der Waals surface area contributed by atoms with Gasteiger partial charge in [0.2, 0.25) is 10.0 Å². The molecule has 2 aliphatic heterocycles. The molecule has 0 saturated carbocycles. The summed E-state index contributed by atoms with van der Waals surface area (Å²) in [5, 5.41) is 6.84. The first-order chi connectivity index (χ1) is 14.8. The summed E-state index contributed by atoms with van der Waals surface area (Å²) in [5.41, 5.74) is 0.549. The van der Waals surface area contributed by atoms with E-state index in [1.807, 2.05) is 37.3 Å². The minimum Gasteiger partial charge on any atom is -0.387 e. The average molecular weight is 446 g/mol. The number of amides is 1. The second-order valence-corrected chi connectivity index (χ2v) is 9.99. The number of nitrogens with zero attached hydrogens (tertiary/aromatic N) is 2. The fourth-order valence-electron chi connectivity index (χ4n) is 3.88. The van der Waals surface area contributed by atoms with Gasteiger partial charge in [-0.15, -0.1) is 0 Å². The Hall–Kier alpha value is -2.78. The highest BCUT2D eigenvalue weighted by Crippen LogP contribution is 2.36. The molecule has 1 N–H and O–H groups in total. The maximum absolute atomic E-state index is 13.1. The number of rotatable bonds is 6. The van der Waals surface area contributed by atoms with Crippen LogP contribution < -0.4 is 5.32 Å². The van der Waals surface area contributed by atoms with Crippen LogP contribution in [-0.2, 0) is 19.7 Å². The van der Waals surface area contributed by atoms with Crippen molar-refractivity contribution in [3.8, 4) is 0 Å². The van der Waals surface area contributed by atoms with Crippen molar-refractivity contribution >= 4 is 21.6 Å². The minimum absolute atomic E-state index is 0.0257. The molecule has 0 bridgehead atoms. The SMILES string of the molecule is CC(CNC(=O)C1=NOC2(CCN(S(=O)(=O)c3ccc(F)cc3)C2)C1)c1ccccc1. The van der Waals surface area contributed by atoms with E-state index in [9.17, 15) is 17.6 Å². The zero-order valence-corrected chi connectivity index (χ0v) is 17.9. The summed E-state index contributed by atoms with van der Waals surface area (Å²) in [4.78, 5) is 18.2. The van der Waals surface area contributed by atoms with Crippen molar-refractivity contribution in [2.45, 2.75) is 36.2 Å². The second-order valence-electron chi connectivity index (χ2n) is 8.05. The van der Waals surface area contributed by atoms with Gasteiger partial charge < -0.3 is 10.2 Å². The van der Waals surface area contributed by atoms with Crippen molar-refractivity contribution in [2.75, 3.05) is 19.6 Å². The number of sulfonamides is 1. The van der Waals surface area contributed by atoms with Crippen molar-refractivity contribution in [3.05, 3.63) is 66.0 Å². The molecule has 2 atom stereocenters. The molecule has 2 aliphatic rings. The standard InChI is InChI=1S/C22H24FN3O4S/c1-16(17-5-3-2-4-6-17)14-24-21(27)20-13-22(30-25-20)11-12-26(15-22)31(28,29)19-9-7-18(23)8-10-19/h2-10,16H,11-15H2,1H3,(H,24,27). The third-order valence-corrected chi connectivity index (χ3v) is 7.63. The zero-order valence-electron chi connectivity index (χ0n) is 17.1. The molecule has 31 heavy (non-hydrogen) atoms. The van der Waals surface area contributed by atoms with Gasteiger partial charge in [-0.2, -0.15) is 4.31 Å². The molecule has 7 nitrogen and oxygen atoms in total. The van der Waals surface area contributed by atoms with Crippen molar-refractivity contribution < 1.29 is 22.4 Å². The maximum atomic E-state index is 13.1. The molecule has 0 aliphatic carbocycles. The van der Waals surface area contributed by atoms with Gasteiger partial charge in [-0.1, -0.05) is 42.4 Å². The van der Waals surface area contributed by atoms with Gasteiger partial charge in [-0.3, -0.25) is 4.79 Å². The van der Waals surface area contributed by atoms with Crippen molar-refractivity contribution in [1.29, 1.82) is 0 Å². The third-order valence-electron chi connectivity index (χ3n) is 5.77. The topological polar surface area (TPSA) is 88.1 Å². The molecule has 1 amide bonds. The first-order valence-corrected chi connectivity index (χ1v) is 11.6. The van der Waals surface area contributed by atoms with Gasteiger partial charge >= 0.3 is 0 Å². The van der Waals surface area contributed by atoms with Gasteiger partial charge in [0.1, 0.15) is 11.5 Å². The van der Waals surface area contributed by atoms with Crippen molar-refractivity contribution in [1.82, 2.24) is 9.62 Å². The van der Waals surface area contributed by atoms with Crippen LogP contribution in [0.3, 0.4) is 0 Å². The normalized spacial score (nSPS) is 22.2. The Morgan fingerprint density at radius 2 is 1.94 bits per heavy atom. The van der Waals surface area contributed by atoms with Crippen LogP contribution in [-0.4, -0.2) is 49.6 Å². The van der Waals surface area contributed by atoms with E-state index in [1.54, 1.807) is 0 Å². The lowest BCUT2D eigenvalue weighted by Gasteiger charge is -2.21. The zero-order chi connectivity index (χ0) is 22.1. The molecule has 0 aromatic heterocycles. The molecule has 1 fully saturated rings. The van der Waals surface area contributed by atoms with Gasteiger partial charge in [-0.05, 0) is 35.7 Å². The Kier molecular flexibility index (Phi) is 5.81. The summed E-state index contributed by atoms with van der Waals surface area (Å²) >= 11 is 0. The molecule has 2 unspecified atom stereocenters. The first-order valence-electron chi connectivity index (χ1n) is 10.1.